The second-order valence-electron chi connectivity index (χ2n) is 6.45. The highest BCUT2D eigenvalue weighted by Gasteiger charge is 2.31. The Hall–Kier alpha value is -1.55. The highest BCUT2D eigenvalue weighted by Crippen LogP contribution is 2.22. The molecule has 2 aliphatic rings. The van der Waals surface area contributed by atoms with E-state index >= 15 is 0 Å². The van der Waals surface area contributed by atoms with Crippen LogP contribution in [-0.4, -0.2) is 48.1 Å². The van der Waals surface area contributed by atoms with E-state index in [1.807, 2.05) is 23.1 Å². The van der Waals surface area contributed by atoms with E-state index in [1.165, 1.54) is 24.9 Å². The van der Waals surface area contributed by atoms with Crippen molar-refractivity contribution in [3.05, 3.63) is 35.9 Å². The van der Waals surface area contributed by atoms with Crippen molar-refractivity contribution < 1.29 is 4.79 Å². The zero-order chi connectivity index (χ0) is 15.4. The molecule has 1 N–H and O–H groups in total. The molecular formula is C18H27N3O. The van der Waals surface area contributed by atoms with Crippen molar-refractivity contribution in [2.24, 2.45) is 0 Å². The van der Waals surface area contributed by atoms with Gasteiger partial charge >= 0.3 is 6.03 Å². The molecule has 2 fully saturated rings. The lowest BCUT2D eigenvalue weighted by molar-refractivity contribution is 0.184. The van der Waals surface area contributed by atoms with Gasteiger partial charge in [-0.25, -0.2) is 4.79 Å². The van der Waals surface area contributed by atoms with E-state index in [2.05, 4.69) is 29.3 Å². The van der Waals surface area contributed by atoms with Crippen LogP contribution in [0, 0.1) is 0 Å². The molecule has 1 aromatic rings. The standard InChI is InChI=1S/C18H27N3O/c1-2-17(15-8-4-3-5-9-15)19-18(22)21-13-7-12-20-11-6-10-16(20)14-21/h3-5,8-9,16-17H,2,6-7,10-14H2,1H3,(H,19,22)/t16-,17-/m0/s1. The van der Waals surface area contributed by atoms with Gasteiger partial charge in [-0.05, 0) is 37.8 Å². The van der Waals surface area contributed by atoms with Crippen LogP contribution in [0.2, 0.25) is 0 Å². The molecule has 0 aliphatic carbocycles. The fraction of sp³-hybridized carbons (Fsp3) is 0.611. The maximum absolute atomic E-state index is 12.7. The lowest BCUT2D eigenvalue weighted by Gasteiger charge is -2.28. The van der Waals surface area contributed by atoms with Crippen LogP contribution >= 0.6 is 0 Å². The van der Waals surface area contributed by atoms with Crippen molar-refractivity contribution in [2.75, 3.05) is 26.2 Å². The minimum Gasteiger partial charge on any atom is -0.331 e. The van der Waals surface area contributed by atoms with Crippen LogP contribution in [0.3, 0.4) is 0 Å². The summed E-state index contributed by atoms with van der Waals surface area (Å²) in [6.07, 6.45) is 4.52. The molecule has 0 radical (unpaired) electrons. The van der Waals surface area contributed by atoms with Crippen molar-refractivity contribution in [3.63, 3.8) is 0 Å². The Kier molecular flexibility index (Phi) is 4.98. The molecule has 120 valence electrons. The molecule has 0 saturated carbocycles. The van der Waals surface area contributed by atoms with Crippen LogP contribution in [0.15, 0.2) is 30.3 Å². The first kappa shape index (κ1) is 15.3. The van der Waals surface area contributed by atoms with Crippen LogP contribution in [0.4, 0.5) is 4.79 Å². The summed E-state index contributed by atoms with van der Waals surface area (Å²) in [6.45, 7) is 6.24. The average molecular weight is 301 g/mol. The number of nitrogens with one attached hydrogen (secondary N) is 1. The molecule has 4 nitrogen and oxygen atoms in total. The van der Waals surface area contributed by atoms with Crippen molar-refractivity contribution in [3.8, 4) is 0 Å². The molecular weight excluding hydrogens is 274 g/mol. The third-order valence-electron chi connectivity index (χ3n) is 5.00. The maximum atomic E-state index is 12.7. The molecule has 0 aromatic heterocycles. The van der Waals surface area contributed by atoms with Crippen LogP contribution in [0.5, 0.6) is 0 Å². The van der Waals surface area contributed by atoms with E-state index in [0.29, 0.717) is 6.04 Å². The van der Waals surface area contributed by atoms with Gasteiger partial charge in [-0.3, -0.25) is 4.90 Å². The van der Waals surface area contributed by atoms with Crippen molar-refractivity contribution in [2.45, 2.75) is 44.7 Å². The Balaban J connectivity index is 1.62. The number of amides is 2. The fourth-order valence-electron chi connectivity index (χ4n) is 3.74. The zero-order valence-corrected chi connectivity index (χ0v) is 13.5. The van der Waals surface area contributed by atoms with Crippen molar-refractivity contribution >= 4 is 6.03 Å². The number of fused-ring (bicyclic) bond motifs is 1. The summed E-state index contributed by atoms with van der Waals surface area (Å²) in [5, 5.41) is 3.23. The summed E-state index contributed by atoms with van der Waals surface area (Å²) >= 11 is 0. The number of benzene rings is 1. The van der Waals surface area contributed by atoms with Crippen LogP contribution in [0.1, 0.15) is 44.2 Å². The molecule has 2 aliphatic heterocycles. The van der Waals surface area contributed by atoms with E-state index in [1.54, 1.807) is 0 Å². The third-order valence-corrected chi connectivity index (χ3v) is 5.00. The number of hydrogen-bond donors (Lipinski definition) is 1. The van der Waals surface area contributed by atoms with E-state index in [-0.39, 0.29) is 12.1 Å². The predicted octanol–water partition coefficient (Wildman–Crippen LogP) is 3.02. The number of hydrogen-bond acceptors (Lipinski definition) is 2. The molecule has 0 unspecified atom stereocenters. The maximum Gasteiger partial charge on any atom is 0.317 e. The topological polar surface area (TPSA) is 35.6 Å². The summed E-state index contributed by atoms with van der Waals surface area (Å²) < 4.78 is 0. The van der Waals surface area contributed by atoms with E-state index in [0.717, 1.165) is 32.5 Å². The van der Waals surface area contributed by atoms with Gasteiger partial charge in [-0.1, -0.05) is 37.3 Å². The summed E-state index contributed by atoms with van der Waals surface area (Å²) in [4.78, 5) is 17.3. The van der Waals surface area contributed by atoms with Crippen LogP contribution in [0.25, 0.3) is 0 Å². The zero-order valence-electron chi connectivity index (χ0n) is 13.5. The van der Waals surface area contributed by atoms with Crippen molar-refractivity contribution in [1.29, 1.82) is 0 Å². The van der Waals surface area contributed by atoms with Gasteiger partial charge < -0.3 is 10.2 Å². The highest BCUT2D eigenvalue weighted by atomic mass is 16.2. The molecule has 0 bridgehead atoms. The van der Waals surface area contributed by atoms with E-state index in [9.17, 15) is 4.79 Å². The lowest BCUT2D eigenvalue weighted by atomic mass is 10.1. The minimum absolute atomic E-state index is 0.101. The summed E-state index contributed by atoms with van der Waals surface area (Å²) in [6, 6.07) is 11.1. The molecule has 3 rings (SSSR count). The second kappa shape index (κ2) is 7.14. The molecule has 1 aromatic carbocycles. The molecule has 2 amide bonds. The number of nitrogens with zero attached hydrogens (tertiary/aromatic N) is 2. The Morgan fingerprint density at radius 1 is 1.23 bits per heavy atom. The largest absolute Gasteiger partial charge is 0.331 e. The van der Waals surface area contributed by atoms with Gasteiger partial charge in [-0.2, -0.15) is 0 Å². The smallest absolute Gasteiger partial charge is 0.317 e. The molecule has 2 atom stereocenters. The number of carbonyl (C=O) groups is 1. The first-order valence-corrected chi connectivity index (χ1v) is 8.62. The molecule has 2 heterocycles. The number of rotatable bonds is 3. The van der Waals surface area contributed by atoms with Gasteiger partial charge in [-0.15, -0.1) is 0 Å². The quantitative estimate of drug-likeness (QED) is 0.931. The average Bonchev–Trinajstić information content (AvgIpc) is 2.90. The van der Waals surface area contributed by atoms with Crippen molar-refractivity contribution in [1.82, 2.24) is 15.1 Å². The monoisotopic (exact) mass is 301 g/mol. The summed E-state index contributed by atoms with van der Waals surface area (Å²) in [7, 11) is 0. The lowest BCUT2D eigenvalue weighted by Crippen LogP contribution is -2.45. The van der Waals surface area contributed by atoms with Gasteiger partial charge in [0.1, 0.15) is 0 Å². The molecule has 4 heteroatoms. The SMILES string of the molecule is CC[C@H](NC(=O)N1CCCN2CCC[C@H]2C1)c1ccccc1. The number of carbonyl (C=O) groups excluding carboxylic acids is 1. The second-order valence-corrected chi connectivity index (χ2v) is 6.45. The van der Waals surface area contributed by atoms with E-state index in [4.69, 9.17) is 0 Å². The van der Waals surface area contributed by atoms with Gasteiger partial charge in [0.15, 0.2) is 0 Å². The first-order valence-electron chi connectivity index (χ1n) is 8.62. The summed E-state index contributed by atoms with van der Waals surface area (Å²) in [5.41, 5.74) is 1.19. The van der Waals surface area contributed by atoms with Gasteiger partial charge in [0.2, 0.25) is 0 Å². The molecule has 0 spiro atoms. The normalized spacial score (nSPS) is 23.7. The Morgan fingerprint density at radius 2 is 2.00 bits per heavy atom. The van der Waals surface area contributed by atoms with E-state index < -0.39 is 0 Å². The van der Waals surface area contributed by atoms with Crippen LogP contribution in [-0.2, 0) is 0 Å². The van der Waals surface area contributed by atoms with Crippen LogP contribution < -0.4 is 5.32 Å². The van der Waals surface area contributed by atoms with Gasteiger partial charge in [0.25, 0.3) is 0 Å². The highest BCUT2D eigenvalue weighted by molar-refractivity contribution is 5.74. The Morgan fingerprint density at radius 3 is 2.77 bits per heavy atom. The summed E-state index contributed by atoms with van der Waals surface area (Å²) in [5.74, 6) is 0. The first-order chi connectivity index (χ1) is 10.8. The molecule has 22 heavy (non-hydrogen) atoms. The molecule has 2 saturated heterocycles. The van der Waals surface area contributed by atoms with Gasteiger partial charge in [0, 0.05) is 25.7 Å². The predicted molar refractivity (Wildman–Crippen MR) is 88.8 cm³/mol. The minimum atomic E-state index is 0.101. The fourth-order valence-corrected chi connectivity index (χ4v) is 3.74. The third kappa shape index (κ3) is 3.43. The number of urea groups is 1. The Bertz CT molecular complexity index is 490. The Labute approximate surface area is 133 Å². The van der Waals surface area contributed by atoms with Gasteiger partial charge in [0.05, 0.1) is 6.04 Å².